The van der Waals surface area contributed by atoms with E-state index < -0.39 is 11.6 Å². The van der Waals surface area contributed by atoms with Crippen LogP contribution in [0.5, 0.6) is 0 Å². The molecule has 0 aliphatic rings. The molecule has 0 saturated carbocycles. The number of allylic oxidation sites excluding steroid dienone is 1. The van der Waals surface area contributed by atoms with Gasteiger partial charge in [0.05, 0.1) is 0 Å². The van der Waals surface area contributed by atoms with Gasteiger partial charge in [0.15, 0.2) is 0 Å². The zero-order chi connectivity index (χ0) is 9.78. The van der Waals surface area contributed by atoms with Gasteiger partial charge in [0.1, 0.15) is 5.60 Å². The van der Waals surface area contributed by atoms with Gasteiger partial charge < -0.3 is 9.99 Å². The number of hydrogen-bond donors (Lipinski definition) is 1. The predicted octanol–water partition coefficient (Wildman–Crippen LogP) is 1.72. The molecule has 4 heteroatoms. The van der Waals surface area contributed by atoms with Crippen molar-refractivity contribution in [3.05, 3.63) is 11.8 Å². The summed E-state index contributed by atoms with van der Waals surface area (Å²) in [6.07, 6.45) is 1.33. The SMILES string of the molecule is C/C=C(\OOC(C)(C)C)C(=O)O. The van der Waals surface area contributed by atoms with Crippen molar-refractivity contribution in [2.75, 3.05) is 0 Å². The summed E-state index contributed by atoms with van der Waals surface area (Å²) < 4.78 is 0. The third-order valence-electron chi connectivity index (χ3n) is 0.854. The molecule has 0 unspecified atom stereocenters. The number of hydrogen-bond acceptors (Lipinski definition) is 3. The Morgan fingerprint density at radius 1 is 1.42 bits per heavy atom. The van der Waals surface area contributed by atoms with E-state index in [9.17, 15) is 4.79 Å². The largest absolute Gasteiger partial charge is 0.475 e. The Morgan fingerprint density at radius 3 is 2.17 bits per heavy atom. The normalized spacial score (nSPS) is 12.8. The Balaban J connectivity index is 4.00. The lowest BCUT2D eigenvalue weighted by Gasteiger charge is -2.17. The molecule has 0 rings (SSSR count). The standard InChI is InChI=1S/C8H14O4/c1-5-6(7(9)10)11-12-8(2,3)4/h5H,1-4H3,(H,9,10)/b6-5-. The van der Waals surface area contributed by atoms with Crippen LogP contribution in [-0.4, -0.2) is 16.7 Å². The minimum absolute atomic E-state index is 0.204. The van der Waals surface area contributed by atoms with Crippen molar-refractivity contribution in [2.24, 2.45) is 0 Å². The average molecular weight is 174 g/mol. The van der Waals surface area contributed by atoms with Gasteiger partial charge in [0.2, 0.25) is 5.76 Å². The van der Waals surface area contributed by atoms with E-state index in [1.165, 1.54) is 6.08 Å². The van der Waals surface area contributed by atoms with Crippen LogP contribution in [0.4, 0.5) is 0 Å². The molecule has 0 fully saturated rings. The van der Waals surface area contributed by atoms with E-state index in [1.54, 1.807) is 27.7 Å². The molecule has 0 bridgehead atoms. The summed E-state index contributed by atoms with van der Waals surface area (Å²) in [5.41, 5.74) is -0.510. The van der Waals surface area contributed by atoms with Gasteiger partial charge in [0, 0.05) is 0 Å². The van der Waals surface area contributed by atoms with Crippen molar-refractivity contribution in [2.45, 2.75) is 33.3 Å². The maximum absolute atomic E-state index is 10.4. The first-order valence-corrected chi connectivity index (χ1v) is 3.62. The van der Waals surface area contributed by atoms with Gasteiger partial charge in [-0.2, -0.15) is 4.89 Å². The summed E-state index contributed by atoms with van der Waals surface area (Å²) >= 11 is 0. The molecule has 0 aromatic carbocycles. The van der Waals surface area contributed by atoms with Gasteiger partial charge in [-0.25, -0.2) is 4.79 Å². The molecule has 0 aromatic heterocycles. The Labute approximate surface area is 71.7 Å². The maximum Gasteiger partial charge on any atom is 0.375 e. The molecule has 1 N–H and O–H groups in total. The topological polar surface area (TPSA) is 55.8 Å². The molecule has 0 saturated heterocycles. The van der Waals surface area contributed by atoms with Crippen LogP contribution >= 0.6 is 0 Å². The quantitative estimate of drug-likeness (QED) is 0.306. The molecule has 0 heterocycles. The van der Waals surface area contributed by atoms with Crippen molar-refractivity contribution >= 4 is 5.97 Å². The van der Waals surface area contributed by atoms with Crippen LogP contribution in [0, 0.1) is 0 Å². The molecular weight excluding hydrogens is 160 g/mol. The molecule has 0 aliphatic heterocycles. The van der Waals surface area contributed by atoms with Crippen molar-refractivity contribution in [3.63, 3.8) is 0 Å². The van der Waals surface area contributed by atoms with Gasteiger partial charge in [-0.1, -0.05) is 0 Å². The van der Waals surface area contributed by atoms with Crippen LogP contribution < -0.4 is 0 Å². The predicted molar refractivity (Wildman–Crippen MR) is 43.3 cm³/mol. The first-order chi connectivity index (χ1) is 5.37. The van der Waals surface area contributed by atoms with E-state index in [0.29, 0.717) is 0 Å². The molecule has 4 nitrogen and oxygen atoms in total. The van der Waals surface area contributed by atoms with E-state index in [1.807, 2.05) is 0 Å². The fourth-order valence-corrected chi connectivity index (χ4v) is 0.377. The number of aliphatic carboxylic acids is 1. The fourth-order valence-electron chi connectivity index (χ4n) is 0.377. The summed E-state index contributed by atoms with van der Waals surface area (Å²) in [4.78, 5) is 19.7. The highest BCUT2D eigenvalue weighted by Crippen LogP contribution is 2.10. The molecule has 0 radical (unpaired) electrons. The van der Waals surface area contributed by atoms with Crippen molar-refractivity contribution in [3.8, 4) is 0 Å². The maximum atomic E-state index is 10.4. The lowest BCUT2D eigenvalue weighted by Crippen LogP contribution is -2.20. The Hall–Kier alpha value is -1.03. The first-order valence-electron chi connectivity index (χ1n) is 3.62. The van der Waals surface area contributed by atoms with Gasteiger partial charge in [-0.05, 0) is 33.8 Å². The third kappa shape index (κ3) is 4.73. The van der Waals surface area contributed by atoms with Crippen molar-refractivity contribution in [1.29, 1.82) is 0 Å². The Kier molecular flexibility index (Phi) is 3.76. The summed E-state index contributed by atoms with van der Waals surface area (Å²) in [5, 5.41) is 8.50. The minimum atomic E-state index is -1.14. The molecule has 70 valence electrons. The Bertz CT molecular complexity index is 188. The molecule has 0 atom stereocenters. The number of rotatable bonds is 3. The highest BCUT2D eigenvalue weighted by Gasteiger charge is 2.16. The third-order valence-corrected chi connectivity index (χ3v) is 0.854. The fraction of sp³-hybridized carbons (Fsp3) is 0.625. The van der Waals surface area contributed by atoms with E-state index in [0.717, 1.165) is 0 Å². The average Bonchev–Trinajstić information content (AvgIpc) is 1.85. The highest BCUT2D eigenvalue weighted by atomic mass is 17.2. The summed E-state index contributed by atoms with van der Waals surface area (Å²) in [7, 11) is 0. The second-order valence-corrected chi connectivity index (χ2v) is 3.24. The van der Waals surface area contributed by atoms with Crippen LogP contribution in [0.25, 0.3) is 0 Å². The molecule has 0 aliphatic carbocycles. The van der Waals surface area contributed by atoms with Crippen LogP contribution in [0.1, 0.15) is 27.7 Å². The summed E-state index contributed by atoms with van der Waals surface area (Å²) in [6, 6.07) is 0. The number of carboxylic acids is 1. The van der Waals surface area contributed by atoms with Crippen LogP contribution in [-0.2, 0) is 14.6 Å². The zero-order valence-electron chi connectivity index (χ0n) is 7.75. The summed E-state index contributed by atoms with van der Waals surface area (Å²) in [6.45, 7) is 6.86. The van der Waals surface area contributed by atoms with Crippen LogP contribution in [0.15, 0.2) is 11.8 Å². The zero-order valence-corrected chi connectivity index (χ0v) is 7.75. The first kappa shape index (κ1) is 11.0. The second kappa shape index (κ2) is 4.11. The highest BCUT2D eigenvalue weighted by molar-refractivity contribution is 5.83. The van der Waals surface area contributed by atoms with Crippen LogP contribution in [0.3, 0.4) is 0 Å². The van der Waals surface area contributed by atoms with E-state index in [-0.39, 0.29) is 5.76 Å². The lowest BCUT2D eigenvalue weighted by atomic mass is 10.2. The van der Waals surface area contributed by atoms with Gasteiger partial charge in [-0.3, -0.25) is 0 Å². The monoisotopic (exact) mass is 174 g/mol. The van der Waals surface area contributed by atoms with Crippen molar-refractivity contribution < 1.29 is 19.7 Å². The van der Waals surface area contributed by atoms with E-state index in [4.69, 9.17) is 9.99 Å². The van der Waals surface area contributed by atoms with Crippen LogP contribution in [0.2, 0.25) is 0 Å². The molecule has 0 amide bonds. The number of carboxylic acid groups (broad SMARTS) is 1. The second-order valence-electron chi connectivity index (χ2n) is 3.24. The molecule has 0 aromatic rings. The summed E-state index contributed by atoms with van der Waals surface area (Å²) in [5.74, 6) is -1.34. The molecule has 12 heavy (non-hydrogen) atoms. The lowest BCUT2D eigenvalue weighted by molar-refractivity contribution is -0.320. The van der Waals surface area contributed by atoms with Gasteiger partial charge in [0.25, 0.3) is 0 Å². The minimum Gasteiger partial charge on any atom is -0.475 e. The van der Waals surface area contributed by atoms with E-state index >= 15 is 0 Å². The van der Waals surface area contributed by atoms with Crippen molar-refractivity contribution in [1.82, 2.24) is 0 Å². The number of carbonyl (C=O) groups is 1. The molecular formula is C8H14O4. The van der Waals surface area contributed by atoms with Gasteiger partial charge in [-0.15, -0.1) is 0 Å². The molecule has 0 spiro atoms. The Morgan fingerprint density at radius 2 is 1.92 bits per heavy atom. The smallest absolute Gasteiger partial charge is 0.375 e. The van der Waals surface area contributed by atoms with E-state index in [2.05, 4.69) is 4.89 Å². The van der Waals surface area contributed by atoms with Gasteiger partial charge >= 0.3 is 5.97 Å².